The molecule has 0 aromatic carbocycles. The van der Waals surface area contributed by atoms with Crippen molar-refractivity contribution in [1.82, 2.24) is 0 Å². The molecule has 0 aliphatic carbocycles. The Hall–Kier alpha value is 0.0000000000000000139. The van der Waals surface area contributed by atoms with Gasteiger partial charge in [-0.05, 0) is 12.5 Å². The van der Waals surface area contributed by atoms with Gasteiger partial charge in [-0.3, -0.25) is 4.57 Å². The van der Waals surface area contributed by atoms with E-state index in [1.54, 1.807) is 0 Å². The first-order valence-electron chi connectivity index (χ1n) is 3.56. The van der Waals surface area contributed by atoms with Crippen LogP contribution in [0.5, 0.6) is 0 Å². The topological polar surface area (TPSA) is 130 Å². The lowest BCUT2D eigenvalue weighted by Gasteiger charge is -2.14. The minimum atomic E-state index is -4.92. The summed E-state index contributed by atoms with van der Waals surface area (Å²) in [5.41, 5.74) is 5.30. The van der Waals surface area contributed by atoms with Gasteiger partial charge >= 0.3 is 14.5 Å². The molecule has 0 aliphatic heterocycles. The first-order valence-corrected chi connectivity index (χ1v) is 7.57. The molecule has 0 saturated heterocycles. The Morgan fingerprint density at radius 3 is 2.36 bits per heavy atom. The Kier molecular flexibility index (Phi) is 5.19. The summed E-state index contributed by atoms with van der Waals surface area (Å²) in [4.78, 5) is 17.0. The highest BCUT2D eigenvalue weighted by Crippen LogP contribution is 2.72. The van der Waals surface area contributed by atoms with Crippen LogP contribution in [0.15, 0.2) is 11.6 Å². The van der Waals surface area contributed by atoms with E-state index in [0.29, 0.717) is 5.57 Å². The fraction of sp³-hybridized carbons (Fsp3) is 0.600. The Morgan fingerprint density at radius 1 is 1.50 bits per heavy atom. The van der Waals surface area contributed by atoms with Crippen molar-refractivity contribution in [3.63, 3.8) is 0 Å². The summed E-state index contributed by atoms with van der Waals surface area (Å²) < 4.78 is 26.0. The molecule has 9 heteroatoms. The third-order valence-corrected chi connectivity index (χ3v) is 5.03. The van der Waals surface area contributed by atoms with Crippen LogP contribution in [0.3, 0.4) is 0 Å². The van der Waals surface area contributed by atoms with Crippen molar-refractivity contribution in [2.45, 2.75) is 6.92 Å². The molecule has 0 rings (SSSR count). The zero-order valence-corrected chi connectivity index (χ0v) is 9.32. The van der Waals surface area contributed by atoms with E-state index < -0.39 is 14.5 Å². The van der Waals surface area contributed by atoms with Gasteiger partial charge in [0.2, 0.25) is 0 Å². The third-order valence-electron chi connectivity index (χ3n) is 1.28. The Balaban J connectivity index is 4.35. The summed E-state index contributed by atoms with van der Waals surface area (Å²) in [6.07, 6.45) is 1.35. The van der Waals surface area contributed by atoms with Crippen LogP contribution < -0.4 is 5.50 Å². The lowest BCUT2D eigenvalue weighted by molar-refractivity contribution is 0.322. The molecule has 1 atom stereocenters. The zero-order chi connectivity index (χ0) is 11.4. The van der Waals surface area contributed by atoms with E-state index in [2.05, 4.69) is 4.52 Å². The Labute approximate surface area is 81.1 Å². The van der Waals surface area contributed by atoms with Crippen LogP contribution in [-0.4, -0.2) is 28.1 Å². The summed E-state index contributed by atoms with van der Waals surface area (Å²) in [7, 11) is -9.33. The molecule has 0 aliphatic rings. The average molecular weight is 245 g/mol. The van der Waals surface area contributed by atoms with Crippen molar-refractivity contribution in [3.8, 4) is 0 Å². The lowest BCUT2D eigenvalue weighted by Crippen LogP contribution is -2.03. The normalized spacial score (nSPS) is 17.9. The van der Waals surface area contributed by atoms with Gasteiger partial charge in [0.1, 0.15) is 0 Å². The van der Waals surface area contributed by atoms with Crippen LogP contribution >= 0.6 is 14.5 Å². The van der Waals surface area contributed by atoms with Crippen LogP contribution in [0.25, 0.3) is 0 Å². The number of hydrogen-bond donors (Lipinski definition) is 4. The molecule has 84 valence electrons. The van der Waals surface area contributed by atoms with Gasteiger partial charge in [0.25, 0.3) is 0 Å². The second-order valence-corrected chi connectivity index (χ2v) is 8.23. The Bertz CT molecular complexity index is 307. The van der Waals surface area contributed by atoms with Crippen molar-refractivity contribution in [3.05, 3.63) is 11.6 Å². The highest BCUT2D eigenvalue weighted by molar-refractivity contribution is 8.28. The highest BCUT2D eigenvalue weighted by atomic mass is 32.1. The van der Waals surface area contributed by atoms with Crippen LogP contribution in [-0.2, 0) is 13.7 Å². The van der Waals surface area contributed by atoms with Crippen LogP contribution in [0, 0.1) is 0 Å². The van der Waals surface area contributed by atoms with Crippen LogP contribution in [0.4, 0.5) is 0 Å². The third kappa shape index (κ3) is 4.48. The van der Waals surface area contributed by atoms with Gasteiger partial charge in [0, 0.05) is 0 Å². The second kappa shape index (κ2) is 5.19. The molecule has 0 fully saturated rings. The number of hydrogen-bond acceptors (Lipinski definition) is 4. The van der Waals surface area contributed by atoms with E-state index in [0.717, 1.165) is 0 Å². The summed E-state index contributed by atoms with van der Waals surface area (Å²) >= 11 is 0. The van der Waals surface area contributed by atoms with E-state index in [4.69, 9.17) is 20.4 Å². The number of nitrogens with two attached hydrogens (primary N) is 1. The van der Waals surface area contributed by atoms with Gasteiger partial charge in [-0.2, -0.15) is 0 Å². The molecule has 14 heavy (non-hydrogen) atoms. The molecule has 5 N–H and O–H groups in total. The average Bonchev–Trinajstić information content (AvgIpc) is 1.99. The molecule has 7 nitrogen and oxygen atoms in total. The first kappa shape index (κ1) is 14.0. The van der Waals surface area contributed by atoms with Crippen molar-refractivity contribution in [2.24, 2.45) is 5.50 Å². The second-order valence-electron chi connectivity index (χ2n) is 2.58. The predicted octanol–water partition coefficient (Wildman–Crippen LogP) is 0.186. The van der Waals surface area contributed by atoms with Gasteiger partial charge in [0.05, 0.1) is 13.2 Å². The maximum absolute atomic E-state index is 11.0. The van der Waals surface area contributed by atoms with Gasteiger partial charge in [-0.15, -0.1) is 0 Å². The fourth-order valence-corrected chi connectivity index (χ4v) is 1.65. The van der Waals surface area contributed by atoms with Gasteiger partial charge in [0.15, 0.2) is 0 Å². The number of rotatable bonds is 5. The molecular formula is C5H13NO6P2. The van der Waals surface area contributed by atoms with Crippen molar-refractivity contribution in [2.75, 3.05) is 13.2 Å². The molecule has 0 bridgehead atoms. The minimum Gasteiger partial charge on any atom is -0.392 e. The maximum atomic E-state index is 11.0. The number of aliphatic hydroxyl groups excluding tert-OH is 1. The van der Waals surface area contributed by atoms with Crippen LogP contribution in [0.1, 0.15) is 6.92 Å². The first-order chi connectivity index (χ1) is 6.20. The SMILES string of the molecule is C/C(=C/CO)COP(N)(=O)P(=O)(O)O. The van der Waals surface area contributed by atoms with E-state index >= 15 is 0 Å². The van der Waals surface area contributed by atoms with E-state index in [-0.39, 0.29) is 13.2 Å². The predicted molar refractivity (Wildman–Crippen MR) is 50.6 cm³/mol. The van der Waals surface area contributed by atoms with E-state index in [1.165, 1.54) is 13.0 Å². The standard InChI is InChI=1S/C5H13NO6P2/c1-5(2-3-7)4-12-13(6,8)14(9,10)11/h2,7H,3-4H2,1H3,(H2,6,8)(H2,9,10,11)/b5-2-. The van der Waals surface area contributed by atoms with Crippen molar-refractivity contribution in [1.29, 1.82) is 0 Å². The zero-order valence-electron chi connectivity index (χ0n) is 7.53. The van der Waals surface area contributed by atoms with Crippen molar-refractivity contribution >= 4 is 14.5 Å². The monoisotopic (exact) mass is 245 g/mol. The van der Waals surface area contributed by atoms with Crippen LogP contribution in [0.2, 0.25) is 0 Å². The summed E-state index contributed by atoms with van der Waals surface area (Å²) in [6, 6.07) is 0. The van der Waals surface area contributed by atoms with Gasteiger partial charge in [-0.1, -0.05) is 6.08 Å². The minimum absolute atomic E-state index is 0.236. The lowest BCUT2D eigenvalue weighted by atomic mass is 10.3. The maximum Gasteiger partial charge on any atom is 0.422 e. The summed E-state index contributed by atoms with van der Waals surface area (Å²) in [5.74, 6) is 0. The molecule has 0 heterocycles. The largest absolute Gasteiger partial charge is 0.422 e. The molecule has 0 saturated carbocycles. The van der Waals surface area contributed by atoms with Gasteiger partial charge in [-0.25, -0.2) is 10.1 Å². The molecular weight excluding hydrogens is 232 g/mol. The van der Waals surface area contributed by atoms with Gasteiger partial charge < -0.3 is 19.4 Å². The van der Waals surface area contributed by atoms with Crippen molar-refractivity contribution < 1.29 is 28.5 Å². The number of aliphatic hydroxyl groups is 1. The van der Waals surface area contributed by atoms with E-state index in [9.17, 15) is 9.13 Å². The fourth-order valence-electron chi connectivity index (χ4n) is 0.484. The Morgan fingerprint density at radius 2 is 2.00 bits per heavy atom. The molecule has 0 aromatic heterocycles. The molecule has 0 aromatic rings. The summed E-state index contributed by atoms with van der Waals surface area (Å²) in [5, 5.41) is 8.44. The molecule has 0 radical (unpaired) electrons. The molecule has 1 unspecified atom stereocenters. The highest BCUT2D eigenvalue weighted by Gasteiger charge is 2.39. The molecule has 0 amide bonds. The quantitative estimate of drug-likeness (QED) is 0.401. The molecule has 0 spiro atoms. The van der Waals surface area contributed by atoms with E-state index in [1.807, 2.05) is 0 Å². The summed E-state index contributed by atoms with van der Waals surface area (Å²) in [6.45, 7) is 1.01. The smallest absolute Gasteiger partial charge is 0.392 e.